The van der Waals surface area contributed by atoms with Crippen LogP contribution in [-0.4, -0.2) is 24.3 Å². The second-order valence-electron chi connectivity index (χ2n) is 15.3. The highest BCUT2D eigenvalue weighted by Gasteiger charge is 2.61. The predicted octanol–water partition coefficient (Wildman–Crippen LogP) is 8.72. The summed E-state index contributed by atoms with van der Waals surface area (Å²) in [6, 6.07) is 7.91. The third kappa shape index (κ3) is 5.35. The fraction of sp³-hybridized carbons (Fsp3) is 0.806. The normalized spacial score (nSPS) is 40.5. The van der Waals surface area contributed by atoms with Gasteiger partial charge in [-0.25, -0.2) is 4.79 Å². The molecule has 0 bridgehead atoms. The lowest BCUT2D eigenvalue weighted by atomic mass is 9.42. The van der Waals surface area contributed by atoms with E-state index < -0.39 is 0 Å². The van der Waals surface area contributed by atoms with Crippen molar-refractivity contribution in [2.45, 2.75) is 118 Å². The van der Waals surface area contributed by atoms with Gasteiger partial charge in [-0.05, 0) is 134 Å². The third-order valence-electron chi connectivity index (χ3n) is 13.0. The lowest BCUT2D eigenvalue weighted by Crippen LogP contribution is -2.57. The number of carbonyl (C=O) groups excluding carboxylic acids is 1. The first kappa shape index (κ1) is 29.2. The van der Waals surface area contributed by atoms with Crippen LogP contribution in [0.15, 0.2) is 24.3 Å². The quantitative estimate of drug-likeness (QED) is 0.338. The number of benzene rings is 1. The standard InChI is InChI=1S/C36H56O3/c1-23(2)8-7-9-24(3)29-16-17-30-27-14-15-31-28(22-25-10-12-26(13-11-25)34(38)39-6)33(37)19-21-36(31,5)32(27)18-20-35(29,30)4/h10-13,23-24,27-33,37H,7-9,14-22H2,1-6H3/t24-,27+,28+,29-,30+,31?,32+,33-,35-,36+/m1/s1. The lowest BCUT2D eigenvalue weighted by Gasteiger charge is -2.63. The van der Waals surface area contributed by atoms with Gasteiger partial charge < -0.3 is 9.84 Å². The highest BCUT2D eigenvalue weighted by atomic mass is 16.5. The Kier molecular flexibility index (Phi) is 8.59. The molecule has 39 heavy (non-hydrogen) atoms. The van der Waals surface area contributed by atoms with Gasteiger partial charge in [0.05, 0.1) is 18.8 Å². The number of aliphatic hydroxyl groups is 1. The maximum absolute atomic E-state index is 11.9. The fourth-order valence-electron chi connectivity index (χ4n) is 11.0. The minimum absolute atomic E-state index is 0.212. The smallest absolute Gasteiger partial charge is 0.337 e. The van der Waals surface area contributed by atoms with Crippen LogP contribution in [0.1, 0.15) is 121 Å². The van der Waals surface area contributed by atoms with E-state index in [1.807, 2.05) is 12.1 Å². The number of aliphatic hydroxyl groups excluding tert-OH is 1. The maximum atomic E-state index is 11.9. The number of carbonyl (C=O) groups is 1. The molecule has 0 spiro atoms. The Bertz CT molecular complexity index is 984. The van der Waals surface area contributed by atoms with Crippen LogP contribution in [0.4, 0.5) is 0 Å². The van der Waals surface area contributed by atoms with E-state index in [-0.39, 0.29) is 12.1 Å². The molecule has 0 radical (unpaired) electrons. The molecule has 1 N–H and O–H groups in total. The molecule has 0 saturated heterocycles. The molecule has 5 rings (SSSR count). The van der Waals surface area contributed by atoms with Gasteiger partial charge >= 0.3 is 5.97 Å². The Labute approximate surface area is 238 Å². The molecular formula is C36H56O3. The van der Waals surface area contributed by atoms with Crippen molar-refractivity contribution in [3.63, 3.8) is 0 Å². The Hall–Kier alpha value is -1.35. The molecule has 0 heterocycles. The van der Waals surface area contributed by atoms with Gasteiger partial charge in [0.25, 0.3) is 0 Å². The molecule has 4 aliphatic rings. The van der Waals surface area contributed by atoms with E-state index in [0.29, 0.717) is 28.2 Å². The van der Waals surface area contributed by atoms with Crippen LogP contribution >= 0.6 is 0 Å². The number of hydrogen-bond donors (Lipinski definition) is 1. The van der Waals surface area contributed by atoms with E-state index in [4.69, 9.17) is 4.74 Å². The summed E-state index contributed by atoms with van der Waals surface area (Å²) in [7, 11) is 1.43. The molecule has 3 nitrogen and oxygen atoms in total. The zero-order chi connectivity index (χ0) is 27.9. The number of fused-ring (bicyclic) bond motifs is 5. The van der Waals surface area contributed by atoms with Crippen molar-refractivity contribution >= 4 is 5.97 Å². The number of hydrogen-bond acceptors (Lipinski definition) is 3. The lowest BCUT2D eigenvalue weighted by molar-refractivity contribution is -0.152. The van der Waals surface area contributed by atoms with Crippen molar-refractivity contribution in [3.8, 4) is 0 Å². The molecule has 1 unspecified atom stereocenters. The van der Waals surface area contributed by atoms with Crippen molar-refractivity contribution in [2.75, 3.05) is 7.11 Å². The average molecular weight is 537 g/mol. The Morgan fingerprint density at radius 2 is 1.56 bits per heavy atom. The maximum Gasteiger partial charge on any atom is 0.337 e. The summed E-state index contributed by atoms with van der Waals surface area (Å²) < 4.78 is 4.88. The van der Waals surface area contributed by atoms with Gasteiger partial charge in [-0.2, -0.15) is 0 Å². The first-order valence-corrected chi connectivity index (χ1v) is 16.4. The van der Waals surface area contributed by atoms with Crippen molar-refractivity contribution in [2.24, 2.45) is 58.2 Å². The molecule has 4 fully saturated rings. The molecule has 0 aromatic heterocycles. The highest BCUT2D eigenvalue weighted by molar-refractivity contribution is 5.89. The number of rotatable bonds is 8. The van der Waals surface area contributed by atoms with Crippen molar-refractivity contribution in [1.29, 1.82) is 0 Å². The van der Waals surface area contributed by atoms with Gasteiger partial charge in [-0.3, -0.25) is 0 Å². The Morgan fingerprint density at radius 3 is 2.26 bits per heavy atom. The summed E-state index contributed by atoms with van der Waals surface area (Å²) in [5.41, 5.74) is 2.72. The van der Waals surface area contributed by atoms with Crippen LogP contribution in [0, 0.1) is 58.2 Å². The minimum Gasteiger partial charge on any atom is -0.465 e. The molecule has 0 amide bonds. The van der Waals surface area contributed by atoms with Gasteiger partial charge in [0.2, 0.25) is 0 Å². The summed E-state index contributed by atoms with van der Waals surface area (Å²) in [5.74, 6) is 5.84. The average Bonchev–Trinajstić information content (AvgIpc) is 3.27. The third-order valence-corrected chi connectivity index (χ3v) is 13.0. The fourth-order valence-corrected chi connectivity index (χ4v) is 11.0. The number of ether oxygens (including phenoxy) is 1. The van der Waals surface area contributed by atoms with Crippen molar-refractivity contribution in [1.82, 2.24) is 0 Å². The summed E-state index contributed by atoms with van der Waals surface area (Å²) in [6.45, 7) is 12.6. The van der Waals surface area contributed by atoms with E-state index >= 15 is 0 Å². The monoisotopic (exact) mass is 536 g/mol. The van der Waals surface area contributed by atoms with E-state index in [0.717, 1.165) is 48.3 Å². The second kappa shape index (κ2) is 11.5. The summed E-state index contributed by atoms with van der Waals surface area (Å²) >= 11 is 0. The Balaban J connectivity index is 1.29. The van der Waals surface area contributed by atoms with Gasteiger partial charge in [0, 0.05) is 0 Å². The SMILES string of the molecule is COC(=O)c1ccc(C[C@H]2C3CC[C@H]4[C@@H]5CC[C@H]([C@H](C)CCCC(C)C)[C@@]5(C)CC[C@@H]4[C@@]3(C)CC[C@H]2O)cc1. The molecule has 3 heteroatoms. The van der Waals surface area contributed by atoms with Crippen LogP contribution in [-0.2, 0) is 11.2 Å². The van der Waals surface area contributed by atoms with Gasteiger partial charge in [-0.15, -0.1) is 0 Å². The summed E-state index contributed by atoms with van der Waals surface area (Å²) in [5, 5.41) is 11.3. The largest absolute Gasteiger partial charge is 0.465 e. The summed E-state index contributed by atoms with van der Waals surface area (Å²) in [6.07, 6.45) is 15.4. The van der Waals surface area contributed by atoms with Gasteiger partial charge in [-0.1, -0.05) is 66.0 Å². The molecule has 1 aromatic rings. The number of methoxy groups -OCH3 is 1. The zero-order valence-electron chi connectivity index (χ0n) is 25.8. The van der Waals surface area contributed by atoms with E-state index in [1.54, 1.807) is 0 Å². The highest BCUT2D eigenvalue weighted by Crippen LogP contribution is 2.69. The van der Waals surface area contributed by atoms with Crippen molar-refractivity contribution < 1.29 is 14.6 Å². The predicted molar refractivity (Wildman–Crippen MR) is 159 cm³/mol. The molecule has 4 saturated carbocycles. The topological polar surface area (TPSA) is 46.5 Å². The molecule has 218 valence electrons. The second-order valence-corrected chi connectivity index (χ2v) is 15.3. The molecule has 4 aliphatic carbocycles. The van der Waals surface area contributed by atoms with Crippen LogP contribution in [0.3, 0.4) is 0 Å². The molecular weight excluding hydrogens is 480 g/mol. The van der Waals surface area contributed by atoms with E-state index in [9.17, 15) is 9.90 Å². The summed E-state index contributed by atoms with van der Waals surface area (Å²) in [4.78, 5) is 11.9. The first-order chi connectivity index (χ1) is 18.6. The van der Waals surface area contributed by atoms with E-state index in [2.05, 4.69) is 46.8 Å². The van der Waals surface area contributed by atoms with E-state index in [1.165, 1.54) is 76.9 Å². The van der Waals surface area contributed by atoms with Crippen LogP contribution in [0.25, 0.3) is 0 Å². The Morgan fingerprint density at radius 1 is 0.897 bits per heavy atom. The minimum atomic E-state index is -0.284. The van der Waals surface area contributed by atoms with Gasteiger partial charge in [0.1, 0.15) is 0 Å². The van der Waals surface area contributed by atoms with Crippen molar-refractivity contribution in [3.05, 3.63) is 35.4 Å². The molecule has 10 atom stereocenters. The number of esters is 1. The molecule has 1 aromatic carbocycles. The van der Waals surface area contributed by atoms with Gasteiger partial charge in [0.15, 0.2) is 0 Å². The van der Waals surface area contributed by atoms with Crippen LogP contribution in [0.2, 0.25) is 0 Å². The molecule has 0 aliphatic heterocycles. The van der Waals surface area contributed by atoms with Crippen LogP contribution in [0.5, 0.6) is 0 Å². The van der Waals surface area contributed by atoms with Crippen LogP contribution < -0.4 is 0 Å². The first-order valence-electron chi connectivity index (χ1n) is 16.4. The zero-order valence-corrected chi connectivity index (χ0v) is 25.8.